The van der Waals surface area contributed by atoms with E-state index >= 15 is 0 Å². The number of aromatic nitrogens is 3. The van der Waals surface area contributed by atoms with Crippen molar-refractivity contribution in [1.82, 2.24) is 19.9 Å². The van der Waals surface area contributed by atoms with E-state index in [0.717, 1.165) is 47.5 Å². The number of benzene rings is 2. The van der Waals surface area contributed by atoms with Gasteiger partial charge in [0.25, 0.3) is 0 Å². The van der Waals surface area contributed by atoms with Crippen molar-refractivity contribution in [2.45, 2.75) is 31.7 Å². The van der Waals surface area contributed by atoms with E-state index < -0.39 is 15.1 Å². The summed E-state index contributed by atoms with van der Waals surface area (Å²) in [6, 6.07) is 18.5. The highest BCUT2D eigenvalue weighted by atomic mass is 32.2. The van der Waals surface area contributed by atoms with Gasteiger partial charge >= 0.3 is 0 Å². The van der Waals surface area contributed by atoms with Crippen LogP contribution in [0.2, 0.25) is 0 Å². The Morgan fingerprint density at radius 1 is 1.14 bits per heavy atom. The zero-order chi connectivity index (χ0) is 25.3. The molecule has 188 valence electrons. The van der Waals surface area contributed by atoms with Gasteiger partial charge in [-0.3, -0.25) is 0 Å². The second kappa shape index (κ2) is 9.91. The largest absolute Gasteiger partial charge is 0.369 e. The second-order valence-corrected chi connectivity index (χ2v) is 11.9. The van der Waals surface area contributed by atoms with Crippen LogP contribution in [-0.2, 0) is 16.4 Å². The lowest BCUT2D eigenvalue weighted by Gasteiger charge is -2.33. The van der Waals surface area contributed by atoms with Crippen molar-refractivity contribution in [2.24, 2.45) is 0 Å². The van der Waals surface area contributed by atoms with E-state index in [1.807, 2.05) is 47.3 Å². The molecule has 2 aromatic heterocycles. The third-order valence-electron chi connectivity index (χ3n) is 6.84. The predicted octanol–water partition coefficient (Wildman–Crippen LogP) is 4.13. The molecule has 0 spiro atoms. The van der Waals surface area contributed by atoms with Crippen molar-refractivity contribution in [3.8, 4) is 0 Å². The first-order valence-electron chi connectivity index (χ1n) is 12.2. The van der Waals surface area contributed by atoms with Crippen molar-refractivity contribution < 1.29 is 8.42 Å². The standard InChI is InChI=1S/C27H32N6O2S/c1-19-17-32(15-13-28-19)24-10-8-23(9-11-24)30-27-29-16-21-12-14-33(26(21)31-27)18-22-6-4-5-7-25(22)20(2)36(3,34)35/h4-12,14,16,19-20,28H,13,15,17-18H2,1-3H3,(H,29,30,31). The van der Waals surface area contributed by atoms with Crippen molar-refractivity contribution in [1.29, 1.82) is 0 Å². The lowest BCUT2D eigenvalue weighted by Crippen LogP contribution is -2.49. The Morgan fingerprint density at radius 2 is 1.92 bits per heavy atom. The molecule has 2 unspecified atom stereocenters. The third kappa shape index (κ3) is 5.22. The molecule has 9 heteroatoms. The maximum atomic E-state index is 12.2. The molecule has 2 aromatic carbocycles. The molecular formula is C27H32N6O2S. The highest BCUT2D eigenvalue weighted by Gasteiger charge is 2.20. The van der Waals surface area contributed by atoms with Gasteiger partial charge in [0.05, 0.1) is 5.25 Å². The van der Waals surface area contributed by atoms with Crippen molar-refractivity contribution in [3.05, 3.63) is 78.1 Å². The first-order chi connectivity index (χ1) is 17.3. The average molecular weight is 505 g/mol. The summed E-state index contributed by atoms with van der Waals surface area (Å²) >= 11 is 0. The molecule has 1 aliphatic rings. The van der Waals surface area contributed by atoms with Crippen molar-refractivity contribution >= 4 is 38.2 Å². The van der Waals surface area contributed by atoms with Gasteiger partial charge in [0.15, 0.2) is 9.84 Å². The molecule has 3 heterocycles. The molecule has 2 atom stereocenters. The van der Waals surface area contributed by atoms with Gasteiger partial charge in [0.2, 0.25) is 5.95 Å². The summed E-state index contributed by atoms with van der Waals surface area (Å²) in [5, 5.41) is 7.15. The van der Waals surface area contributed by atoms with E-state index in [4.69, 9.17) is 4.98 Å². The number of anilines is 3. The number of nitrogens with one attached hydrogen (secondary N) is 2. The van der Waals surface area contributed by atoms with Crippen LogP contribution in [0, 0.1) is 0 Å². The van der Waals surface area contributed by atoms with Gasteiger partial charge in [-0.15, -0.1) is 0 Å². The van der Waals surface area contributed by atoms with Crippen LogP contribution in [0.25, 0.3) is 11.0 Å². The van der Waals surface area contributed by atoms with E-state index in [1.54, 1.807) is 6.92 Å². The van der Waals surface area contributed by atoms with E-state index in [-0.39, 0.29) is 0 Å². The topological polar surface area (TPSA) is 92.2 Å². The minimum atomic E-state index is -3.21. The third-order valence-corrected chi connectivity index (χ3v) is 8.37. The van der Waals surface area contributed by atoms with Gasteiger partial charge in [0.1, 0.15) is 5.65 Å². The molecule has 1 fully saturated rings. The smallest absolute Gasteiger partial charge is 0.229 e. The average Bonchev–Trinajstić information content (AvgIpc) is 3.26. The van der Waals surface area contributed by atoms with Crippen LogP contribution < -0.4 is 15.5 Å². The molecule has 0 saturated carbocycles. The fourth-order valence-electron chi connectivity index (χ4n) is 4.70. The number of nitrogens with zero attached hydrogens (tertiary/aromatic N) is 4. The molecule has 1 aliphatic heterocycles. The molecule has 4 aromatic rings. The van der Waals surface area contributed by atoms with Gasteiger partial charge in [-0.1, -0.05) is 24.3 Å². The van der Waals surface area contributed by atoms with Crippen LogP contribution in [0.5, 0.6) is 0 Å². The Kier molecular flexibility index (Phi) is 6.68. The summed E-state index contributed by atoms with van der Waals surface area (Å²) in [5.41, 5.74) is 4.70. The Balaban J connectivity index is 1.36. The van der Waals surface area contributed by atoms with Gasteiger partial charge < -0.3 is 20.1 Å². The van der Waals surface area contributed by atoms with Gasteiger partial charge in [0, 0.05) is 67.6 Å². The zero-order valence-corrected chi connectivity index (χ0v) is 21.7. The molecule has 2 N–H and O–H groups in total. The van der Waals surface area contributed by atoms with E-state index in [2.05, 4.69) is 51.7 Å². The van der Waals surface area contributed by atoms with E-state index in [9.17, 15) is 8.42 Å². The summed E-state index contributed by atoms with van der Waals surface area (Å²) in [5.74, 6) is 0.517. The normalized spacial score (nSPS) is 17.3. The molecule has 5 rings (SSSR count). The van der Waals surface area contributed by atoms with Gasteiger partial charge in [-0.25, -0.2) is 13.4 Å². The molecule has 0 aliphatic carbocycles. The number of sulfone groups is 1. The Bertz CT molecular complexity index is 1470. The van der Waals surface area contributed by atoms with E-state index in [1.165, 1.54) is 11.9 Å². The Morgan fingerprint density at radius 3 is 2.67 bits per heavy atom. The fourth-order valence-corrected chi connectivity index (χ4v) is 5.39. The summed E-state index contributed by atoms with van der Waals surface area (Å²) < 4.78 is 26.4. The lowest BCUT2D eigenvalue weighted by molar-refractivity contribution is 0.485. The van der Waals surface area contributed by atoms with Gasteiger partial charge in [-0.05, 0) is 55.3 Å². The van der Waals surface area contributed by atoms with Crippen LogP contribution in [0.1, 0.15) is 30.2 Å². The quantitative estimate of drug-likeness (QED) is 0.391. The highest BCUT2D eigenvalue weighted by Crippen LogP contribution is 2.27. The second-order valence-electron chi connectivity index (χ2n) is 9.56. The highest BCUT2D eigenvalue weighted by molar-refractivity contribution is 7.90. The Labute approximate surface area is 212 Å². The Hall–Kier alpha value is -3.43. The molecule has 36 heavy (non-hydrogen) atoms. The van der Waals surface area contributed by atoms with Crippen molar-refractivity contribution in [2.75, 3.05) is 36.1 Å². The minimum Gasteiger partial charge on any atom is -0.369 e. The summed E-state index contributed by atoms with van der Waals surface area (Å²) in [6.07, 6.45) is 5.05. The van der Waals surface area contributed by atoms with Crippen LogP contribution in [-0.4, -0.2) is 54.9 Å². The van der Waals surface area contributed by atoms with Gasteiger partial charge in [-0.2, -0.15) is 4.98 Å². The summed E-state index contributed by atoms with van der Waals surface area (Å²) in [7, 11) is -3.21. The molecular weight excluding hydrogens is 472 g/mol. The number of hydrogen-bond acceptors (Lipinski definition) is 7. The number of fused-ring (bicyclic) bond motifs is 1. The number of piperazine rings is 1. The maximum Gasteiger partial charge on any atom is 0.229 e. The number of rotatable bonds is 7. The molecule has 0 amide bonds. The van der Waals surface area contributed by atoms with Crippen LogP contribution in [0.4, 0.5) is 17.3 Å². The van der Waals surface area contributed by atoms with Crippen LogP contribution in [0.3, 0.4) is 0 Å². The molecule has 0 bridgehead atoms. The summed E-state index contributed by atoms with van der Waals surface area (Å²) in [4.78, 5) is 11.7. The first kappa shape index (κ1) is 24.3. The molecule has 1 saturated heterocycles. The van der Waals surface area contributed by atoms with Crippen LogP contribution in [0.15, 0.2) is 67.0 Å². The molecule has 0 radical (unpaired) electrons. The number of hydrogen-bond donors (Lipinski definition) is 2. The summed E-state index contributed by atoms with van der Waals surface area (Å²) in [6.45, 7) is 7.45. The SMILES string of the molecule is CC1CN(c2ccc(Nc3ncc4ccn(Cc5ccccc5C(C)S(C)(=O)=O)c4n3)cc2)CCN1. The zero-order valence-electron chi connectivity index (χ0n) is 20.8. The fraction of sp³-hybridized carbons (Fsp3) is 0.333. The molecule has 8 nitrogen and oxygen atoms in total. The lowest BCUT2D eigenvalue weighted by atomic mass is 10.1. The predicted molar refractivity (Wildman–Crippen MR) is 146 cm³/mol. The minimum absolute atomic E-state index is 0.481. The monoisotopic (exact) mass is 504 g/mol. The van der Waals surface area contributed by atoms with Crippen LogP contribution >= 0.6 is 0 Å². The van der Waals surface area contributed by atoms with Crippen molar-refractivity contribution in [3.63, 3.8) is 0 Å². The van der Waals surface area contributed by atoms with E-state index in [0.29, 0.717) is 18.5 Å². The first-order valence-corrected chi connectivity index (χ1v) is 14.2. The maximum absolute atomic E-state index is 12.2.